The van der Waals surface area contributed by atoms with Crippen molar-refractivity contribution >= 4 is 11.8 Å². The summed E-state index contributed by atoms with van der Waals surface area (Å²) < 4.78 is 9.71. The van der Waals surface area contributed by atoms with E-state index < -0.39 is 17.7 Å². The molecule has 0 aliphatic carbocycles. The van der Waals surface area contributed by atoms with Crippen LogP contribution >= 0.6 is 0 Å². The topological polar surface area (TPSA) is 64.6 Å². The van der Waals surface area contributed by atoms with Gasteiger partial charge in [0.15, 0.2) is 0 Å². The van der Waals surface area contributed by atoms with E-state index in [0.717, 1.165) is 0 Å². The highest BCUT2D eigenvalue weighted by atomic mass is 16.5. The van der Waals surface area contributed by atoms with Gasteiger partial charge in [0.25, 0.3) is 0 Å². The first-order chi connectivity index (χ1) is 7.06. The van der Waals surface area contributed by atoms with E-state index in [1.165, 1.54) is 7.11 Å². The molecule has 0 amide bonds. The van der Waals surface area contributed by atoms with Crippen LogP contribution in [-0.4, -0.2) is 44.2 Å². The van der Waals surface area contributed by atoms with E-state index in [4.69, 9.17) is 4.74 Å². The van der Waals surface area contributed by atoms with Gasteiger partial charge in [0, 0.05) is 18.0 Å². The third kappa shape index (κ3) is 3.00. The van der Waals surface area contributed by atoms with Gasteiger partial charge in [-0.25, -0.2) is 4.79 Å². The summed E-state index contributed by atoms with van der Waals surface area (Å²) in [5.74, 6) is -1.71. The maximum Gasteiger partial charge on any atom is 0.374 e. The third-order valence-corrected chi connectivity index (χ3v) is 2.57. The monoisotopic (exact) mass is 215 g/mol. The van der Waals surface area contributed by atoms with Crippen molar-refractivity contribution in [1.29, 1.82) is 0 Å². The number of ketones is 1. The number of hydrogen-bond acceptors (Lipinski definition) is 5. The maximum absolute atomic E-state index is 11.5. The highest BCUT2D eigenvalue weighted by Crippen LogP contribution is 2.11. The summed E-state index contributed by atoms with van der Waals surface area (Å²) in [5.41, 5.74) is 0. The minimum Gasteiger partial charge on any atom is -0.463 e. The minimum absolute atomic E-state index is 0.111. The Bertz CT molecular complexity index is 254. The quantitative estimate of drug-likeness (QED) is 0.519. The summed E-state index contributed by atoms with van der Waals surface area (Å²) >= 11 is 0. The van der Waals surface area contributed by atoms with E-state index >= 15 is 0 Å². The zero-order chi connectivity index (χ0) is 11.4. The van der Waals surface area contributed by atoms with E-state index in [2.05, 4.69) is 10.1 Å². The summed E-state index contributed by atoms with van der Waals surface area (Å²) in [6.45, 7) is 4.77. The lowest BCUT2D eigenvalue weighted by Crippen LogP contribution is -2.52. The Balaban J connectivity index is 2.55. The molecule has 5 heteroatoms. The molecule has 0 radical (unpaired) electrons. The summed E-state index contributed by atoms with van der Waals surface area (Å²) in [6.07, 6.45) is 0. The molecule has 0 aromatic rings. The molecule has 1 rings (SSSR count). The molecule has 3 atom stereocenters. The van der Waals surface area contributed by atoms with Gasteiger partial charge in [-0.3, -0.25) is 4.79 Å². The van der Waals surface area contributed by atoms with Crippen LogP contribution < -0.4 is 5.32 Å². The Labute approximate surface area is 89.1 Å². The van der Waals surface area contributed by atoms with Crippen molar-refractivity contribution < 1.29 is 19.1 Å². The summed E-state index contributed by atoms with van der Waals surface area (Å²) in [7, 11) is 1.21. The lowest BCUT2D eigenvalue weighted by molar-refractivity contribution is -0.154. The molecule has 5 nitrogen and oxygen atoms in total. The van der Waals surface area contributed by atoms with Crippen LogP contribution in [0.3, 0.4) is 0 Å². The number of morpholine rings is 1. The van der Waals surface area contributed by atoms with Crippen LogP contribution in [-0.2, 0) is 19.1 Å². The average Bonchev–Trinajstić information content (AvgIpc) is 2.26. The molecule has 1 aliphatic rings. The summed E-state index contributed by atoms with van der Waals surface area (Å²) in [4.78, 5) is 22.5. The molecule has 15 heavy (non-hydrogen) atoms. The van der Waals surface area contributed by atoms with Crippen LogP contribution in [0.2, 0.25) is 0 Å². The van der Waals surface area contributed by atoms with Crippen molar-refractivity contribution in [3.63, 3.8) is 0 Å². The second kappa shape index (κ2) is 5.23. The fraction of sp³-hybridized carbons (Fsp3) is 0.800. The predicted octanol–water partition coefficient (Wildman–Crippen LogP) is -0.258. The first-order valence-corrected chi connectivity index (χ1v) is 5.02. The van der Waals surface area contributed by atoms with Crippen molar-refractivity contribution in [2.24, 2.45) is 5.92 Å². The Morgan fingerprint density at radius 3 is 2.67 bits per heavy atom. The van der Waals surface area contributed by atoms with Crippen LogP contribution in [0.25, 0.3) is 0 Å². The molecule has 0 spiro atoms. The highest BCUT2D eigenvalue weighted by molar-refractivity contribution is 6.34. The Morgan fingerprint density at radius 2 is 2.13 bits per heavy atom. The average molecular weight is 215 g/mol. The SMILES string of the molecule is COC(=O)C(=O)C(C)C1COCC(C)N1. The van der Waals surface area contributed by atoms with Crippen LogP contribution in [0.5, 0.6) is 0 Å². The number of nitrogens with one attached hydrogen (secondary N) is 1. The number of Topliss-reactive ketones (excluding diaryl/α,β-unsaturated/α-hetero) is 1. The molecule has 86 valence electrons. The number of esters is 1. The van der Waals surface area contributed by atoms with E-state index in [1.54, 1.807) is 6.92 Å². The number of ether oxygens (including phenoxy) is 2. The number of methoxy groups -OCH3 is 1. The fourth-order valence-corrected chi connectivity index (χ4v) is 1.59. The van der Waals surface area contributed by atoms with Crippen LogP contribution in [0, 0.1) is 5.92 Å². The van der Waals surface area contributed by atoms with Crippen molar-refractivity contribution in [2.45, 2.75) is 25.9 Å². The standard InChI is InChI=1S/C10H17NO4/c1-6-4-15-5-8(11-6)7(2)9(12)10(13)14-3/h6-8,11H,4-5H2,1-3H3. The molecule has 1 aliphatic heterocycles. The van der Waals surface area contributed by atoms with E-state index in [9.17, 15) is 9.59 Å². The minimum atomic E-state index is -0.789. The second-order valence-electron chi connectivity index (χ2n) is 3.86. The largest absolute Gasteiger partial charge is 0.463 e. The fourth-order valence-electron chi connectivity index (χ4n) is 1.59. The van der Waals surface area contributed by atoms with Gasteiger partial charge >= 0.3 is 5.97 Å². The van der Waals surface area contributed by atoms with Gasteiger partial charge in [-0.1, -0.05) is 6.92 Å². The molecular formula is C10H17NO4. The third-order valence-electron chi connectivity index (χ3n) is 2.57. The molecule has 1 fully saturated rings. The predicted molar refractivity (Wildman–Crippen MR) is 53.4 cm³/mol. The Hall–Kier alpha value is -0.940. The smallest absolute Gasteiger partial charge is 0.374 e. The van der Waals surface area contributed by atoms with Crippen LogP contribution in [0.1, 0.15) is 13.8 Å². The highest BCUT2D eigenvalue weighted by Gasteiger charge is 2.32. The van der Waals surface area contributed by atoms with Crippen molar-refractivity contribution in [3.8, 4) is 0 Å². The number of carbonyl (C=O) groups is 2. The molecule has 0 aromatic carbocycles. The molecular weight excluding hydrogens is 198 g/mol. The maximum atomic E-state index is 11.5. The Morgan fingerprint density at radius 1 is 1.47 bits per heavy atom. The normalized spacial score (nSPS) is 28.2. The van der Waals surface area contributed by atoms with Gasteiger partial charge in [-0.2, -0.15) is 0 Å². The lowest BCUT2D eigenvalue weighted by Gasteiger charge is -2.31. The molecule has 1 N–H and O–H groups in total. The van der Waals surface area contributed by atoms with Gasteiger partial charge in [0.05, 0.1) is 20.3 Å². The lowest BCUT2D eigenvalue weighted by atomic mass is 9.96. The molecule has 0 aromatic heterocycles. The van der Waals surface area contributed by atoms with Gasteiger partial charge in [-0.05, 0) is 6.92 Å². The van der Waals surface area contributed by atoms with E-state index in [-0.39, 0.29) is 12.1 Å². The second-order valence-corrected chi connectivity index (χ2v) is 3.86. The van der Waals surface area contributed by atoms with Gasteiger partial charge in [-0.15, -0.1) is 0 Å². The van der Waals surface area contributed by atoms with Gasteiger partial charge in [0.2, 0.25) is 5.78 Å². The van der Waals surface area contributed by atoms with E-state index in [0.29, 0.717) is 13.2 Å². The zero-order valence-electron chi connectivity index (χ0n) is 9.28. The van der Waals surface area contributed by atoms with Crippen molar-refractivity contribution in [1.82, 2.24) is 5.32 Å². The Kier molecular flexibility index (Phi) is 4.23. The van der Waals surface area contributed by atoms with Gasteiger partial charge < -0.3 is 14.8 Å². The van der Waals surface area contributed by atoms with Crippen LogP contribution in [0.4, 0.5) is 0 Å². The molecule has 0 bridgehead atoms. The molecule has 0 saturated carbocycles. The first-order valence-electron chi connectivity index (χ1n) is 5.02. The number of rotatable bonds is 3. The summed E-state index contributed by atoms with van der Waals surface area (Å²) in [6, 6.07) is 0.0944. The molecule has 1 saturated heterocycles. The number of carbonyl (C=O) groups excluding carboxylic acids is 2. The van der Waals surface area contributed by atoms with Crippen LogP contribution in [0.15, 0.2) is 0 Å². The first kappa shape index (κ1) is 12.1. The van der Waals surface area contributed by atoms with Crippen molar-refractivity contribution in [3.05, 3.63) is 0 Å². The molecule has 1 heterocycles. The van der Waals surface area contributed by atoms with Crippen molar-refractivity contribution in [2.75, 3.05) is 20.3 Å². The zero-order valence-corrected chi connectivity index (χ0v) is 9.28. The van der Waals surface area contributed by atoms with Gasteiger partial charge in [0.1, 0.15) is 0 Å². The van der Waals surface area contributed by atoms with E-state index in [1.807, 2.05) is 6.92 Å². The summed E-state index contributed by atoms with van der Waals surface area (Å²) in [5, 5.41) is 3.22. The molecule has 3 unspecified atom stereocenters. The number of hydrogen-bond donors (Lipinski definition) is 1.